The van der Waals surface area contributed by atoms with Gasteiger partial charge in [0.25, 0.3) is 0 Å². The molecule has 0 aliphatic carbocycles. The smallest absolute Gasteiger partial charge is 0.416 e. The highest BCUT2D eigenvalue weighted by molar-refractivity contribution is 5.68. The Morgan fingerprint density at radius 2 is 1.97 bits per heavy atom. The summed E-state index contributed by atoms with van der Waals surface area (Å²) >= 11 is 0. The second-order valence-corrected chi connectivity index (χ2v) is 8.66. The number of nitrogens with zero attached hydrogens (tertiary/aromatic N) is 1. The van der Waals surface area contributed by atoms with Gasteiger partial charge >= 0.3 is 18.4 Å². The Bertz CT molecular complexity index is 780. The number of benzene rings is 1. The first-order valence-electron chi connectivity index (χ1n) is 10.5. The fourth-order valence-electron chi connectivity index (χ4n) is 3.56. The van der Waals surface area contributed by atoms with Crippen molar-refractivity contribution < 1.29 is 37.0 Å². The number of alkyl carbamates (subject to hydrolysis) is 1. The van der Waals surface area contributed by atoms with Crippen molar-refractivity contribution in [1.82, 2.24) is 10.2 Å². The van der Waals surface area contributed by atoms with Crippen LogP contribution in [-0.2, 0) is 20.4 Å². The van der Waals surface area contributed by atoms with Gasteiger partial charge in [0.2, 0.25) is 0 Å². The van der Waals surface area contributed by atoms with Gasteiger partial charge in [0, 0.05) is 25.6 Å². The van der Waals surface area contributed by atoms with Gasteiger partial charge < -0.3 is 24.4 Å². The van der Waals surface area contributed by atoms with Crippen molar-refractivity contribution in [3.8, 4) is 0 Å². The molecule has 0 aromatic heterocycles. The number of hydrogen-bond donors (Lipinski definition) is 1. The molecule has 0 spiro atoms. The monoisotopic (exact) mass is 460 g/mol. The number of likely N-dealkylation sites (tertiary alicyclic amines) is 1. The van der Waals surface area contributed by atoms with Gasteiger partial charge in [-0.3, -0.25) is 0 Å². The first-order valence-corrected chi connectivity index (χ1v) is 10.5. The summed E-state index contributed by atoms with van der Waals surface area (Å²) in [6.45, 7) is 6.31. The molecule has 1 aromatic carbocycles. The number of rotatable bonds is 6. The third kappa shape index (κ3) is 7.89. The lowest BCUT2D eigenvalue weighted by Crippen LogP contribution is -2.44. The predicted octanol–water partition coefficient (Wildman–Crippen LogP) is 4.77. The number of amides is 2. The minimum Gasteiger partial charge on any atom is -0.453 e. The van der Waals surface area contributed by atoms with Gasteiger partial charge in [-0.1, -0.05) is 12.1 Å². The summed E-state index contributed by atoms with van der Waals surface area (Å²) in [6.07, 6.45) is -4.92. The van der Waals surface area contributed by atoms with E-state index in [4.69, 9.17) is 9.47 Å². The van der Waals surface area contributed by atoms with Crippen molar-refractivity contribution in [2.24, 2.45) is 5.92 Å². The van der Waals surface area contributed by atoms with Gasteiger partial charge in [-0.25, -0.2) is 9.59 Å². The Morgan fingerprint density at radius 1 is 1.25 bits per heavy atom. The number of halogens is 3. The molecule has 0 radical (unpaired) electrons. The Kier molecular flexibility index (Phi) is 8.77. The lowest BCUT2D eigenvalue weighted by molar-refractivity contribution is -0.137. The number of methoxy groups -OCH3 is 1. The van der Waals surface area contributed by atoms with Gasteiger partial charge in [-0.2, -0.15) is 13.2 Å². The van der Waals surface area contributed by atoms with Crippen LogP contribution in [0.5, 0.6) is 0 Å². The molecule has 1 heterocycles. The Labute approximate surface area is 186 Å². The lowest BCUT2D eigenvalue weighted by Gasteiger charge is -2.37. The number of hydrogen-bond acceptors (Lipinski definition) is 5. The van der Waals surface area contributed by atoms with E-state index in [9.17, 15) is 22.8 Å². The molecular formula is C22H31F3N2O5. The first kappa shape index (κ1) is 25.8. The second kappa shape index (κ2) is 10.9. The average Bonchev–Trinajstić information content (AvgIpc) is 2.72. The SMILES string of the molecule is COC(=O)NCCO[C@@H](c1cccc(C(F)(F)F)c1)C1CCCN(C(=O)OC(C)(C)C)C1. The molecule has 1 N–H and O–H groups in total. The van der Waals surface area contributed by atoms with Crippen LogP contribution in [0, 0.1) is 5.92 Å². The highest BCUT2D eigenvalue weighted by atomic mass is 19.4. The van der Waals surface area contributed by atoms with Crippen LogP contribution >= 0.6 is 0 Å². The fraction of sp³-hybridized carbons (Fsp3) is 0.636. The predicted molar refractivity (Wildman–Crippen MR) is 111 cm³/mol. The summed E-state index contributed by atoms with van der Waals surface area (Å²) < 4.78 is 55.7. The van der Waals surface area contributed by atoms with Crippen LogP contribution in [0.4, 0.5) is 22.8 Å². The van der Waals surface area contributed by atoms with Crippen LogP contribution in [0.25, 0.3) is 0 Å². The second-order valence-electron chi connectivity index (χ2n) is 8.66. The third-order valence-electron chi connectivity index (χ3n) is 4.93. The number of nitrogens with one attached hydrogen (secondary N) is 1. The molecule has 1 aliphatic rings. The van der Waals surface area contributed by atoms with Crippen LogP contribution in [0.1, 0.15) is 50.8 Å². The zero-order valence-corrected chi connectivity index (χ0v) is 18.8. The summed E-state index contributed by atoms with van der Waals surface area (Å²) in [5, 5.41) is 2.48. The molecule has 2 atom stereocenters. The van der Waals surface area contributed by atoms with Gasteiger partial charge in [-0.05, 0) is 51.3 Å². The van der Waals surface area contributed by atoms with Gasteiger partial charge in [0.05, 0.1) is 25.4 Å². The van der Waals surface area contributed by atoms with Crippen molar-refractivity contribution in [2.45, 2.75) is 51.5 Å². The van der Waals surface area contributed by atoms with Gasteiger partial charge in [0.15, 0.2) is 0 Å². The quantitative estimate of drug-likeness (QED) is 0.619. The summed E-state index contributed by atoms with van der Waals surface area (Å²) in [7, 11) is 1.23. The van der Waals surface area contributed by atoms with Crippen molar-refractivity contribution in [3.63, 3.8) is 0 Å². The number of alkyl halides is 3. The van der Waals surface area contributed by atoms with Crippen molar-refractivity contribution >= 4 is 12.2 Å². The minimum absolute atomic E-state index is 0.0684. The Hall–Kier alpha value is -2.49. The van der Waals surface area contributed by atoms with Gasteiger partial charge in [0.1, 0.15) is 5.60 Å². The Morgan fingerprint density at radius 3 is 2.59 bits per heavy atom. The molecule has 2 amide bonds. The van der Waals surface area contributed by atoms with Crippen LogP contribution in [0.2, 0.25) is 0 Å². The fourth-order valence-corrected chi connectivity index (χ4v) is 3.56. The summed E-state index contributed by atoms with van der Waals surface area (Å²) in [6, 6.07) is 5.01. The number of ether oxygens (including phenoxy) is 3. The number of piperidine rings is 1. The van der Waals surface area contributed by atoms with E-state index in [1.54, 1.807) is 31.7 Å². The van der Waals surface area contributed by atoms with E-state index < -0.39 is 35.6 Å². The van der Waals surface area contributed by atoms with E-state index in [0.29, 0.717) is 31.5 Å². The van der Waals surface area contributed by atoms with E-state index in [0.717, 1.165) is 12.1 Å². The molecule has 7 nitrogen and oxygen atoms in total. The minimum atomic E-state index is -4.48. The van der Waals surface area contributed by atoms with E-state index in [2.05, 4.69) is 10.1 Å². The summed E-state index contributed by atoms with van der Waals surface area (Å²) in [4.78, 5) is 25.3. The zero-order chi connectivity index (χ0) is 23.9. The Balaban J connectivity index is 2.20. The summed E-state index contributed by atoms with van der Waals surface area (Å²) in [5.74, 6) is -0.238. The molecule has 1 aromatic rings. The molecule has 10 heteroatoms. The normalized spacial score (nSPS) is 18.1. The standard InChI is InChI=1S/C22H31F3N2O5/c1-21(2,3)32-20(29)27-11-6-8-16(14-27)18(31-12-10-26-19(28)30-4)15-7-5-9-17(13-15)22(23,24)25/h5,7,9,13,16,18H,6,8,10-12,14H2,1-4H3,(H,26,28)/t16?,18-/m0/s1. The van der Waals surface area contributed by atoms with Crippen molar-refractivity contribution in [3.05, 3.63) is 35.4 Å². The largest absolute Gasteiger partial charge is 0.453 e. The molecule has 1 fully saturated rings. The molecular weight excluding hydrogens is 429 g/mol. The molecule has 180 valence electrons. The van der Waals surface area contributed by atoms with E-state index >= 15 is 0 Å². The number of carbonyl (C=O) groups excluding carboxylic acids is 2. The molecule has 32 heavy (non-hydrogen) atoms. The first-order chi connectivity index (χ1) is 14.9. The van der Waals surface area contributed by atoms with Crippen LogP contribution in [0.3, 0.4) is 0 Å². The number of carbonyl (C=O) groups is 2. The lowest BCUT2D eigenvalue weighted by atomic mass is 9.88. The third-order valence-corrected chi connectivity index (χ3v) is 4.93. The molecule has 2 rings (SSSR count). The van der Waals surface area contributed by atoms with E-state index in [-0.39, 0.29) is 19.1 Å². The van der Waals surface area contributed by atoms with E-state index in [1.165, 1.54) is 13.2 Å². The van der Waals surface area contributed by atoms with E-state index in [1.807, 2.05) is 0 Å². The summed E-state index contributed by atoms with van der Waals surface area (Å²) in [5.41, 5.74) is -1.05. The topological polar surface area (TPSA) is 77.1 Å². The maximum absolute atomic E-state index is 13.3. The zero-order valence-electron chi connectivity index (χ0n) is 18.8. The maximum atomic E-state index is 13.3. The molecule has 1 unspecified atom stereocenters. The molecule has 1 saturated heterocycles. The maximum Gasteiger partial charge on any atom is 0.416 e. The highest BCUT2D eigenvalue weighted by Gasteiger charge is 2.35. The van der Waals surface area contributed by atoms with Crippen LogP contribution < -0.4 is 5.32 Å². The van der Waals surface area contributed by atoms with Crippen LogP contribution in [-0.4, -0.2) is 56.0 Å². The van der Waals surface area contributed by atoms with Crippen molar-refractivity contribution in [1.29, 1.82) is 0 Å². The highest BCUT2D eigenvalue weighted by Crippen LogP contribution is 2.36. The van der Waals surface area contributed by atoms with Crippen LogP contribution in [0.15, 0.2) is 24.3 Å². The molecule has 0 saturated carbocycles. The van der Waals surface area contributed by atoms with Gasteiger partial charge in [-0.15, -0.1) is 0 Å². The molecule has 1 aliphatic heterocycles. The van der Waals surface area contributed by atoms with Crippen molar-refractivity contribution in [2.75, 3.05) is 33.4 Å². The molecule has 0 bridgehead atoms. The average molecular weight is 460 g/mol.